The number of aromatic nitrogens is 1. The molecule has 0 atom stereocenters. The molecule has 0 bridgehead atoms. The largest absolute Gasteiger partial charge is 0.497 e. The summed E-state index contributed by atoms with van der Waals surface area (Å²) in [5.41, 5.74) is 0.594. The van der Waals surface area contributed by atoms with E-state index in [1.165, 1.54) is 0 Å². The number of ether oxygens (including phenoxy) is 2. The molecule has 4 nitrogen and oxygen atoms in total. The minimum Gasteiger partial charge on any atom is -0.497 e. The van der Waals surface area contributed by atoms with Gasteiger partial charge in [-0.25, -0.2) is 0 Å². The highest BCUT2D eigenvalue weighted by molar-refractivity contribution is 5.75. The van der Waals surface area contributed by atoms with Crippen molar-refractivity contribution in [3.63, 3.8) is 0 Å². The highest BCUT2D eigenvalue weighted by Crippen LogP contribution is 2.24. The number of benzene rings is 1. The molecule has 0 spiro atoms. The zero-order valence-electron chi connectivity index (χ0n) is 9.71. The first-order chi connectivity index (χ1) is 8.22. The van der Waals surface area contributed by atoms with Crippen molar-refractivity contribution in [2.45, 2.75) is 0 Å². The summed E-state index contributed by atoms with van der Waals surface area (Å²) in [7, 11) is 3.44. The van der Waals surface area contributed by atoms with Crippen LogP contribution in [0.3, 0.4) is 0 Å². The SMILES string of the molecule is COc1ccc(Oc2cc(C=O)cn2C)cc1. The van der Waals surface area contributed by atoms with Crippen LogP contribution in [0.5, 0.6) is 17.4 Å². The molecule has 1 heterocycles. The number of methoxy groups -OCH3 is 1. The van der Waals surface area contributed by atoms with Gasteiger partial charge in [-0.1, -0.05) is 0 Å². The summed E-state index contributed by atoms with van der Waals surface area (Å²) in [6.07, 6.45) is 2.51. The summed E-state index contributed by atoms with van der Waals surface area (Å²) in [5.74, 6) is 2.10. The second kappa shape index (κ2) is 4.74. The van der Waals surface area contributed by atoms with Gasteiger partial charge in [-0.3, -0.25) is 4.79 Å². The Morgan fingerprint density at radius 3 is 2.35 bits per heavy atom. The van der Waals surface area contributed by atoms with Gasteiger partial charge in [0, 0.05) is 24.9 Å². The Labute approximate surface area is 99.4 Å². The molecule has 0 amide bonds. The van der Waals surface area contributed by atoms with Gasteiger partial charge in [0.1, 0.15) is 11.5 Å². The van der Waals surface area contributed by atoms with Gasteiger partial charge in [0.2, 0.25) is 0 Å². The normalized spacial score (nSPS) is 10.0. The Bertz CT molecular complexity index is 514. The van der Waals surface area contributed by atoms with E-state index in [4.69, 9.17) is 9.47 Å². The quantitative estimate of drug-likeness (QED) is 0.759. The lowest BCUT2D eigenvalue weighted by atomic mass is 10.3. The lowest BCUT2D eigenvalue weighted by Crippen LogP contribution is -1.91. The minimum absolute atomic E-state index is 0.594. The number of aldehydes is 1. The molecular weight excluding hydrogens is 218 g/mol. The zero-order chi connectivity index (χ0) is 12.3. The number of hydrogen-bond acceptors (Lipinski definition) is 3. The second-order valence-corrected chi connectivity index (χ2v) is 3.62. The molecular formula is C13H13NO3. The summed E-state index contributed by atoms with van der Waals surface area (Å²) in [6.45, 7) is 0. The van der Waals surface area contributed by atoms with Gasteiger partial charge in [0.15, 0.2) is 12.2 Å². The fraction of sp³-hybridized carbons (Fsp3) is 0.154. The van der Waals surface area contributed by atoms with Gasteiger partial charge in [-0.2, -0.15) is 0 Å². The van der Waals surface area contributed by atoms with E-state index >= 15 is 0 Å². The van der Waals surface area contributed by atoms with Gasteiger partial charge in [0.05, 0.1) is 7.11 Å². The molecule has 2 aromatic rings. The third kappa shape index (κ3) is 2.47. The van der Waals surface area contributed by atoms with Gasteiger partial charge < -0.3 is 14.0 Å². The maximum absolute atomic E-state index is 10.6. The van der Waals surface area contributed by atoms with Crippen molar-refractivity contribution in [3.05, 3.63) is 42.1 Å². The maximum atomic E-state index is 10.6. The van der Waals surface area contributed by atoms with E-state index in [1.54, 1.807) is 23.9 Å². The van der Waals surface area contributed by atoms with E-state index in [2.05, 4.69) is 0 Å². The molecule has 17 heavy (non-hydrogen) atoms. The van der Waals surface area contributed by atoms with Crippen LogP contribution in [0.15, 0.2) is 36.5 Å². The van der Waals surface area contributed by atoms with Crippen molar-refractivity contribution in [1.82, 2.24) is 4.57 Å². The Morgan fingerprint density at radius 1 is 1.18 bits per heavy atom. The van der Waals surface area contributed by atoms with Crippen LogP contribution in [0.25, 0.3) is 0 Å². The van der Waals surface area contributed by atoms with Crippen molar-refractivity contribution >= 4 is 6.29 Å². The molecule has 4 heteroatoms. The maximum Gasteiger partial charge on any atom is 0.200 e. The van der Waals surface area contributed by atoms with E-state index in [-0.39, 0.29) is 0 Å². The van der Waals surface area contributed by atoms with Crippen molar-refractivity contribution in [1.29, 1.82) is 0 Å². The lowest BCUT2D eigenvalue weighted by Gasteiger charge is -2.06. The van der Waals surface area contributed by atoms with Crippen LogP contribution in [-0.2, 0) is 7.05 Å². The first-order valence-electron chi connectivity index (χ1n) is 5.16. The topological polar surface area (TPSA) is 40.5 Å². The summed E-state index contributed by atoms with van der Waals surface area (Å²) >= 11 is 0. The van der Waals surface area contributed by atoms with Crippen LogP contribution in [0.2, 0.25) is 0 Å². The average molecular weight is 231 g/mol. The molecule has 88 valence electrons. The fourth-order valence-corrected chi connectivity index (χ4v) is 1.50. The van der Waals surface area contributed by atoms with Crippen molar-refractivity contribution < 1.29 is 14.3 Å². The van der Waals surface area contributed by atoms with E-state index in [0.717, 1.165) is 12.0 Å². The third-order valence-electron chi connectivity index (χ3n) is 2.40. The monoisotopic (exact) mass is 231 g/mol. The Hall–Kier alpha value is -2.23. The van der Waals surface area contributed by atoms with E-state index < -0.39 is 0 Å². The van der Waals surface area contributed by atoms with Gasteiger partial charge in [0.25, 0.3) is 0 Å². The summed E-state index contributed by atoms with van der Waals surface area (Å²) in [6, 6.07) is 8.95. The van der Waals surface area contributed by atoms with Gasteiger partial charge >= 0.3 is 0 Å². The molecule has 0 aliphatic rings. The second-order valence-electron chi connectivity index (χ2n) is 3.62. The van der Waals surface area contributed by atoms with E-state index in [0.29, 0.717) is 17.2 Å². The van der Waals surface area contributed by atoms with E-state index in [9.17, 15) is 4.79 Å². The van der Waals surface area contributed by atoms with Crippen LogP contribution in [0.4, 0.5) is 0 Å². The number of aryl methyl sites for hydroxylation is 1. The van der Waals surface area contributed by atoms with Crippen LogP contribution in [0.1, 0.15) is 10.4 Å². The Balaban J connectivity index is 2.18. The number of nitrogens with zero attached hydrogens (tertiary/aromatic N) is 1. The molecule has 0 aliphatic heterocycles. The number of carbonyl (C=O) groups excluding carboxylic acids is 1. The Kier molecular flexibility index (Phi) is 3.14. The molecule has 1 aromatic carbocycles. The minimum atomic E-state index is 0.594. The van der Waals surface area contributed by atoms with Crippen LogP contribution in [0, 0.1) is 0 Å². The van der Waals surface area contributed by atoms with Crippen LogP contribution >= 0.6 is 0 Å². The summed E-state index contributed by atoms with van der Waals surface area (Å²) in [5, 5.41) is 0. The number of hydrogen-bond donors (Lipinski definition) is 0. The van der Waals surface area contributed by atoms with Crippen LogP contribution in [-0.4, -0.2) is 18.0 Å². The smallest absolute Gasteiger partial charge is 0.200 e. The van der Waals surface area contributed by atoms with E-state index in [1.807, 2.05) is 31.3 Å². The van der Waals surface area contributed by atoms with Crippen molar-refractivity contribution in [3.8, 4) is 17.4 Å². The first kappa shape index (κ1) is 11.3. The van der Waals surface area contributed by atoms with Gasteiger partial charge in [-0.15, -0.1) is 0 Å². The number of rotatable bonds is 4. The summed E-state index contributed by atoms with van der Waals surface area (Å²) < 4.78 is 12.5. The standard InChI is InChI=1S/C13H13NO3/c1-14-8-10(9-15)7-13(14)17-12-5-3-11(16-2)4-6-12/h3-9H,1-2H3. The third-order valence-corrected chi connectivity index (χ3v) is 2.40. The summed E-state index contributed by atoms with van der Waals surface area (Å²) in [4.78, 5) is 10.6. The molecule has 0 fully saturated rings. The average Bonchev–Trinajstić information content (AvgIpc) is 2.71. The van der Waals surface area contributed by atoms with Crippen LogP contribution < -0.4 is 9.47 Å². The predicted octanol–water partition coefficient (Wildman–Crippen LogP) is 2.64. The molecule has 0 N–H and O–H groups in total. The molecule has 2 rings (SSSR count). The highest BCUT2D eigenvalue weighted by Gasteiger charge is 2.04. The molecule has 0 aliphatic carbocycles. The lowest BCUT2D eigenvalue weighted by molar-refractivity contribution is 0.112. The number of carbonyl (C=O) groups is 1. The molecule has 0 saturated heterocycles. The Morgan fingerprint density at radius 2 is 1.82 bits per heavy atom. The molecule has 0 radical (unpaired) electrons. The molecule has 0 saturated carbocycles. The van der Waals surface area contributed by atoms with Crippen molar-refractivity contribution in [2.24, 2.45) is 7.05 Å². The zero-order valence-corrected chi connectivity index (χ0v) is 9.71. The molecule has 0 unspecified atom stereocenters. The fourth-order valence-electron chi connectivity index (χ4n) is 1.50. The van der Waals surface area contributed by atoms with Gasteiger partial charge in [-0.05, 0) is 24.3 Å². The van der Waals surface area contributed by atoms with Crippen molar-refractivity contribution in [2.75, 3.05) is 7.11 Å². The highest BCUT2D eigenvalue weighted by atomic mass is 16.5. The predicted molar refractivity (Wildman–Crippen MR) is 63.9 cm³/mol. The molecule has 1 aromatic heterocycles. The first-order valence-corrected chi connectivity index (χ1v) is 5.16.